The SMILES string of the molecule is CCOCc1cc(CN2C(=O)C3(CCCC3)N=C2CCCCl)ccc1-c1ccccc1S(=O)(=O)Nc1noc(C)c1Cl. The van der Waals surface area contributed by atoms with Crippen molar-refractivity contribution in [2.24, 2.45) is 4.99 Å². The summed E-state index contributed by atoms with van der Waals surface area (Å²) in [4.78, 5) is 20.5. The van der Waals surface area contributed by atoms with Crippen molar-refractivity contribution in [3.05, 3.63) is 64.4 Å². The van der Waals surface area contributed by atoms with Gasteiger partial charge in [0.25, 0.3) is 15.9 Å². The van der Waals surface area contributed by atoms with Crippen LogP contribution < -0.4 is 4.72 Å². The molecule has 1 N–H and O–H groups in total. The first-order valence-corrected chi connectivity index (χ1v) is 16.5. The van der Waals surface area contributed by atoms with Crippen LogP contribution in [0.1, 0.15) is 62.3 Å². The van der Waals surface area contributed by atoms with E-state index in [1.54, 1.807) is 25.1 Å². The van der Waals surface area contributed by atoms with E-state index in [0.29, 0.717) is 42.3 Å². The summed E-state index contributed by atoms with van der Waals surface area (Å²) >= 11 is 12.2. The molecule has 0 saturated heterocycles. The lowest BCUT2D eigenvalue weighted by molar-refractivity contribution is -0.131. The third-order valence-electron chi connectivity index (χ3n) is 7.72. The molecule has 9 nitrogen and oxygen atoms in total. The van der Waals surface area contributed by atoms with Crippen molar-refractivity contribution in [3.8, 4) is 11.1 Å². The molecule has 2 heterocycles. The molecule has 0 bridgehead atoms. The lowest BCUT2D eigenvalue weighted by Gasteiger charge is -2.23. The lowest BCUT2D eigenvalue weighted by Crippen LogP contribution is -2.40. The number of carbonyl (C=O) groups is 1. The van der Waals surface area contributed by atoms with Crippen LogP contribution >= 0.6 is 23.2 Å². The Labute approximate surface area is 256 Å². The summed E-state index contributed by atoms with van der Waals surface area (Å²) in [5, 5.41) is 3.84. The third kappa shape index (κ3) is 6.08. The Hall–Kier alpha value is -2.92. The van der Waals surface area contributed by atoms with Gasteiger partial charge < -0.3 is 9.26 Å². The zero-order chi connectivity index (χ0) is 29.9. The molecule has 0 unspecified atom stereocenters. The van der Waals surface area contributed by atoms with E-state index in [-0.39, 0.29) is 28.3 Å². The van der Waals surface area contributed by atoms with Gasteiger partial charge in [0.15, 0.2) is 5.76 Å². The molecule has 2 aliphatic rings. The summed E-state index contributed by atoms with van der Waals surface area (Å²) < 4.78 is 40.3. The molecule has 12 heteroatoms. The molecular weight excluding hydrogens is 599 g/mol. The Balaban J connectivity index is 1.49. The summed E-state index contributed by atoms with van der Waals surface area (Å²) in [6.45, 7) is 4.61. The largest absolute Gasteiger partial charge is 0.377 e. The summed E-state index contributed by atoms with van der Waals surface area (Å²) in [6.07, 6.45) is 4.94. The molecule has 1 amide bonds. The maximum atomic E-state index is 13.6. The molecule has 1 spiro atoms. The number of rotatable bonds is 12. The number of alkyl halides is 1. The van der Waals surface area contributed by atoms with E-state index < -0.39 is 15.6 Å². The molecule has 224 valence electrons. The summed E-state index contributed by atoms with van der Waals surface area (Å²) in [6, 6.07) is 12.5. The Morgan fingerprint density at radius 3 is 2.60 bits per heavy atom. The molecule has 1 saturated carbocycles. The van der Waals surface area contributed by atoms with E-state index in [0.717, 1.165) is 49.1 Å². The Morgan fingerprint density at radius 1 is 1.14 bits per heavy atom. The van der Waals surface area contributed by atoms with Crippen molar-refractivity contribution in [2.75, 3.05) is 17.2 Å². The first-order chi connectivity index (χ1) is 20.2. The van der Waals surface area contributed by atoms with Gasteiger partial charge in [-0.05, 0) is 55.9 Å². The molecule has 2 aromatic carbocycles. The maximum Gasteiger partial charge on any atom is 0.263 e. The predicted octanol–water partition coefficient (Wildman–Crippen LogP) is 6.71. The predicted molar refractivity (Wildman–Crippen MR) is 163 cm³/mol. The number of amidine groups is 1. The number of benzene rings is 2. The molecule has 1 fully saturated rings. The van der Waals surface area contributed by atoms with Crippen LogP contribution in [0.15, 0.2) is 56.9 Å². The molecule has 42 heavy (non-hydrogen) atoms. The van der Waals surface area contributed by atoms with Gasteiger partial charge >= 0.3 is 0 Å². The van der Waals surface area contributed by atoms with E-state index in [4.69, 9.17) is 37.5 Å². The molecule has 5 rings (SSSR count). The number of aromatic nitrogens is 1. The highest BCUT2D eigenvalue weighted by molar-refractivity contribution is 7.92. The fraction of sp³-hybridized carbons (Fsp3) is 0.433. The number of aliphatic imine (C=N–C) groups is 1. The van der Waals surface area contributed by atoms with Crippen molar-refractivity contribution in [3.63, 3.8) is 0 Å². The van der Waals surface area contributed by atoms with E-state index in [2.05, 4.69) is 9.88 Å². The summed E-state index contributed by atoms with van der Waals surface area (Å²) in [5.74, 6) is 1.59. The number of aryl methyl sites for hydroxylation is 1. The fourth-order valence-electron chi connectivity index (χ4n) is 5.64. The Kier molecular flexibility index (Phi) is 9.27. The molecular formula is C30H34Cl2N4O5S. The molecule has 1 aliphatic carbocycles. The standard InChI is InChI=1S/C30H34Cl2N4O5S/c1-3-40-19-22-17-21(18-36-26(11-8-16-31)33-30(29(36)37)14-6-7-15-30)12-13-23(22)24-9-4-5-10-25(24)42(38,39)35-28-27(32)20(2)41-34-28/h4-5,9-10,12-13,17H,3,6-8,11,14-16,18-19H2,1-2H3,(H,34,35). The van der Waals surface area contributed by atoms with Crippen molar-refractivity contribution in [2.45, 2.75) is 76.0 Å². The van der Waals surface area contributed by atoms with E-state index in [9.17, 15) is 13.2 Å². The highest BCUT2D eigenvalue weighted by atomic mass is 35.5. The minimum absolute atomic E-state index is 0.0561. The molecule has 1 aromatic heterocycles. The van der Waals surface area contributed by atoms with Gasteiger partial charge in [-0.15, -0.1) is 11.6 Å². The van der Waals surface area contributed by atoms with Crippen molar-refractivity contribution in [1.82, 2.24) is 10.1 Å². The van der Waals surface area contributed by atoms with Gasteiger partial charge in [0, 0.05) is 24.5 Å². The Bertz CT molecular complexity index is 1600. The lowest BCUT2D eigenvalue weighted by atomic mass is 9.96. The zero-order valence-corrected chi connectivity index (χ0v) is 26.0. The monoisotopic (exact) mass is 632 g/mol. The third-order valence-corrected chi connectivity index (χ3v) is 9.83. The maximum absolute atomic E-state index is 13.6. The smallest absolute Gasteiger partial charge is 0.263 e. The van der Waals surface area contributed by atoms with Gasteiger partial charge in [-0.25, -0.2) is 8.42 Å². The molecule has 1 aliphatic heterocycles. The highest BCUT2D eigenvalue weighted by Crippen LogP contribution is 2.40. The van der Waals surface area contributed by atoms with Gasteiger partial charge in [0.05, 0.1) is 18.0 Å². The number of sulfonamides is 1. The fourth-order valence-corrected chi connectivity index (χ4v) is 7.18. The van der Waals surface area contributed by atoms with Crippen LogP contribution in [0.2, 0.25) is 5.02 Å². The second kappa shape index (κ2) is 12.8. The average Bonchev–Trinajstić information content (AvgIpc) is 3.66. The quantitative estimate of drug-likeness (QED) is 0.222. The van der Waals surface area contributed by atoms with E-state index >= 15 is 0 Å². The van der Waals surface area contributed by atoms with Gasteiger partial charge in [0.2, 0.25) is 5.82 Å². The van der Waals surface area contributed by atoms with Crippen LogP contribution in [-0.2, 0) is 32.7 Å². The second-order valence-electron chi connectivity index (χ2n) is 10.6. The minimum atomic E-state index is -4.08. The summed E-state index contributed by atoms with van der Waals surface area (Å²) in [5.41, 5.74) is 2.26. The number of nitrogens with one attached hydrogen (secondary N) is 1. The molecule has 0 atom stereocenters. The number of nitrogens with zero attached hydrogens (tertiary/aromatic N) is 3. The van der Waals surface area contributed by atoms with Gasteiger partial charge in [-0.1, -0.05) is 66.0 Å². The number of halogens is 2. The van der Waals surface area contributed by atoms with Crippen LogP contribution in [-0.4, -0.2) is 48.2 Å². The van der Waals surface area contributed by atoms with Gasteiger partial charge in [-0.2, -0.15) is 0 Å². The van der Waals surface area contributed by atoms with Crippen LogP contribution in [0.5, 0.6) is 0 Å². The first-order valence-electron chi connectivity index (χ1n) is 14.1. The number of amides is 1. The van der Waals surface area contributed by atoms with Crippen molar-refractivity contribution < 1.29 is 22.5 Å². The number of hydrogen-bond donors (Lipinski definition) is 1. The van der Waals surface area contributed by atoms with Gasteiger partial charge in [0.1, 0.15) is 16.4 Å². The first kappa shape index (κ1) is 30.5. The average molecular weight is 634 g/mol. The van der Waals surface area contributed by atoms with Crippen LogP contribution in [0, 0.1) is 6.92 Å². The topological polar surface area (TPSA) is 114 Å². The minimum Gasteiger partial charge on any atom is -0.377 e. The van der Waals surface area contributed by atoms with Gasteiger partial charge in [-0.3, -0.25) is 19.4 Å². The normalized spacial score (nSPS) is 16.4. The summed E-state index contributed by atoms with van der Waals surface area (Å²) in [7, 11) is -4.08. The van der Waals surface area contributed by atoms with E-state index in [1.807, 2.05) is 30.0 Å². The Morgan fingerprint density at radius 2 is 1.90 bits per heavy atom. The van der Waals surface area contributed by atoms with Crippen molar-refractivity contribution in [1.29, 1.82) is 0 Å². The zero-order valence-electron chi connectivity index (χ0n) is 23.7. The molecule has 3 aromatic rings. The number of hydrogen-bond acceptors (Lipinski definition) is 7. The molecule has 0 radical (unpaired) electrons. The number of anilines is 1. The number of ether oxygens (including phenoxy) is 1. The van der Waals surface area contributed by atoms with Crippen LogP contribution in [0.25, 0.3) is 11.1 Å². The highest BCUT2D eigenvalue weighted by Gasteiger charge is 2.49. The van der Waals surface area contributed by atoms with Crippen molar-refractivity contribution >= 4 is 50.8 Å². The van der Waals surface area contributed by atoms with Crippen LogP contribution in [0.3, 0.4) is 0 Å². The van der Waals surface area contributed by atoms with Crippen LogP contribution in [0.4, 0.5) is 5.82 Å². The second-order valence-corrected chi connectivity index (χ2v) is 13.0. The number of carbonyl (C=O) groups excluding carboxylic acids is 1. The van der Waals surface area contributed by atoms with E-state index in [1.165, 1.54) is 6.07 Å².